The fourth-order valence-corrected chi connectivity index (χ4v) is 2.86. The van der Waals surface area contributed by atoms with Gasteiger partial charge in [0.15, 0.2) is 11.5 Å². The van der Waals surface area contributed by atoms with Crippen LogP contribution in [0, 0.1) is 0 Å². The van der Waals surface area contributed by atoms with E-state index in [4.69, 9.17) is 14.6 Å². The molecular formula is C16H18N4O4S. The van der Waals surface area contributed by atoms with Crippen molar-refractivity contribution >= 4 is 15.9 Å². The topological polar surface area (TPSA) is 108 Å². The van der Waals surface area contributed by atoms with Crippen LogP contribution in [-0.4, -0.2) is 32.0 Å². The lowest BCUT2D eigenvalue weighted by Crippen LogP contribution is -2.30. The normalized spacial score (nSPS) is 11.6. The summed E-state index contributed by atoms with van der Waals surface area (Å²) in [6, 6.07) is 9.23. The average Bonchev–Trinajstić information content (AvgIpc) is 3.01. The summed E-state index contributed by atoms with van der Waals surface area (Å²) >= 11 is 0. The molecule has 25 heavy (non-hydrogen) atoms. The molecule has 1 aromatic carbocycles. The molecule has 0 unspecified atom stereocenters. The first-order valence-corrected chi connectivity index (χ1v) is 8.91. The number of pyridine rings is 1. The summed E-state index contributed by atoms with van der Waals surface area (Å²) in [6.07, 6.45) is 3.57. The largest absolute Gasteiger partial charge is 0.493 e. The SMILES string of the molecule is COc1cc2ncc(-c3ccc(CNS(N)(=O)=O)cc3)n2cc1OC. The number of hydrogen-bond acceptors (Lipinski definition) is 5. The summed E-state index contributed by atoms with van der Waals surface area (Å²) in [5.41, 5.74) is 3.33. The molecule has 0 atom stereocenters. The molecule has 0 aliphatic carbocycles. The maximum atomic E-state index is 11.0. The third-order valence-electron chi connectivity index (χ3n) is 3.74. The minimum Gasteiger partial charge on any atom is -0.493 e. The summed E-state index contributed by atoms with van der Waals surface area (Å²) in [7, 11) is -0.556. The zero-order valence-electron chi connectivity index (χ0n) is 13.8. The van der Waals surface area contributed by atoms with Crippen LogP contribution in [0.1, 0.15) is 5.56 Å². The van der Waals surface area contributed by atoms with Crippen molar-refractivity contribution in [2.45, 2.75) is 6.54 Å². The number of nitrogens with two attached hydrogens (primary N) is 1. The fraction of sp³-hybridized carbons (Fsp3) is 0.188. The molecule has 3 N–H and O–H groups in total. The Kier molecular flexibility index (Phi) is 4.62. The van der Waals surface area contributed by atoms with E-state index in [0.29, 0.717) is 11.5 Å². The highest BCUT2D eigenvalue weighted by atomic mass is 32.2. The number of rotatable bonds is 6. The predicted octanol–water partition coefficient (Wildman–Crippen LogP) is 1.31. The second-order valence-corrected chi connectivity index (χ2v) is 6.72. The molecule has 132 valence electrons. The van der Waals surface area contributed by atoms with E-state index in [1.165, 1.54) is 0 Å². The van der Waals surface area contributed by atoms with Gasteiger partial charge in [-0.05, 0) is 5.56 Å². The van der Waals surface area contributed by atoms with Gasteiger partial charge < -0.3 is 9.47 Å². The van der Waals surface area contributed by atoms with Gasteiger partial charge in [-0.25, -0.2) is 10.1 Å². The van der Waals surface area contributed by atoms with Crippen LogP contribution in [0.2, 0.25) is 0 Å². The van der Waals surface area contributed by atoms with Crippen LogP contribution >= 0.6 is 0 Å². The van der Waals surface area contributed by atoms with Crippen molar-refractivity contribution in [1.82, 2.24) is 14.1 Å². The first-order valence-electron chi connectivity index (χ1n) is 7.37. The number of nitrogens with zero attached hydrogens (tertiary/aromatic N) is 2. The third-order valence-corrected chi connectivity index (χ3v) is 4.29. The Balaban J connectivity index is 1.94. The lowest BCUT2D eigenvalue weighted by Gasteiger charge is -2.09. The summed E-state index contributed by atoms with van der Waals surface area (Å²) in [4.78, 5) is 4.39. The van der Waals surface area contributed by atoms with Crippen molar-refractivity contribution < 1.29 is 17.9 Å². The second kappa shape index (κ2) is 6.71. The zero-order chi connectivity index (χ0) is 18.0. The monoisotopic (exact) mass is 362 g/mol. The molecule has 0 aliphatic rings. The second-order valence-electron chi connectivity index (χ2n) is 5.34. The maximum Gasteiger partial charge on any atom is 0.274 e. The highest BCUT2D eigenvalue weighted by Gasteiger charge is 2.11. The van der Waals surface area contributed by atoms with Gasteiger partial charge in [0.1, 0.15) is 5.65 Å². The Morgan fingerprint density at radius 1 is 1.16 bits per heavy atom. The Morgan fingerprint density at radius 3 is 2.44 bits per heavy atom. The number of nitrogens with one attached hydrogen (secondary N) is 1. The predicted molar refractivity (Wildman–Crippen MR) is 93.7 cm³/mol. The summed E-state index contributed by atoms with van der Waals surface area (Å²) < 4.78 is 36.7. The van der Waals surface area contributed by atoms with Gasteiger partial charge in [0, 0.05) is 18.2 Å². The smallest absolute Gasteiger partial charge is 0.274 e. The molecule has 2 heterocycles. The first kappa shape index (κ1) is 17.2. The number of ether oxygens (including phenoxy) is 2. The van der Waals surface area contributed by atoms with Gasteiger partial charge in [0.2, 0.25) is 0 Å². The first-order chi connectivity index (χ1) is 11.9. The molecule has 0 radical (unpaired) electrons. The van der Waals surface area contributed by atoms with Gasteiger partial charge in [-0.1, -0.05) is 24.3 Å². The molecular weight excluding hydrogens is 344 g/mol. The molecule has 3 rings (SSSR count). The number of aromatic nitrogens is 2. The lowest BCUT2D eigenvalue weighted by atomic mass is 10.1. The van der Waals surface area contributed by atoms with E-state index in [1.54, 1.807) is 26.5 Å². The van der Waals surface area contributed by atoms with Gasteiger partial charge in [0.05, 0.1) is 32.3 Å². The standard InChI is InChI=1S/C16H18N4O4S/c1-23-14-7-16-18-9-13(20(16)10-15(14)24-2)12-5-3-11(4-6-12)8-19-25(17,21)22/h3-7,9-10,19H,8H2,1-2H3,(H2,17,21,22). The van der Waals surface area contributed by atoms with Crippen molar-refractivity contribution in [1.29, 1.82) is 0 Å². The van der Waals surface area contributed by atoms with E-state index in [1.807, 2.05) is 34.9 Å². The Hall–Kier alpha value is -2.62. The Bertz CT molecular complexity index is 997. The molecule has 9 heteroatoms. The van der Waals surface area contributed by atoms with E-state index in [2.05, 4.69) is 9.71 Å². The number of hydrogen-bond donors (Lipinski definition) is 2. The van der Waals surface area contributed by atoms with Crippen LogP contribution in [-0.2, 0) is 16.8 Å². The molecule has 0 amide bonds. The van der Waals surface area contributed by atoms with Crippen molar-refractivity contribution in [2.75, 3.05) is 14.2 Å². The van der Waals surface area contributed by atoms with Crippen LogP contribution in [0.15, 0.2) is 42.7 Å². The quantitative estimate of drug-likeness (QED) is 0.687. The van der Waals surface area contributed by atoms with Crippen LogP contribution in [0.25, 0.3) is 16.9 Å². The highest BCUT2D eigenvalue weighted by molar-refractivity contribution is 7.87. The lowest BCUT2D eigenvalue weighted by molar-refractivity contribution is 0.353. The minimum atomic E-state index is -3.71. The summed E-state index contributed by atoms with van der Waals surface area (Å²) in [5.74, 6) is 1.21. The van der Waals surface area contributed by atoms with Gasteiger partial charge in [0.25, 0.3) is 10.2 Å². The van der Waals surface area contributed by atoms with Crippen molar-refractivity contribution in [3.05, 3.63) is 48.3 Å². The van der Waals surface area contributed by atoms with Crippen LogP contribution in [0.3, 0.4) is 0 Å². The van der Waals surface area contributed by atoms with Crippen LogP contribution in [0.5, 0.6) is 11.5 Å². The molecule has 0 aliphatic heterocycles. The molecule has 3 aromatic rings. The van der Waals surface area contributed by atoms with E-state index >= 15 is 0 Å². The molecule has 0 bridgehead atoms. The van der Waals surface area contributed by atoms with Crippen molar-refractivity contribution in [3.63, 3.8) is 0 Å². The van der Waals surface area contributed by atoms with E-state index in [-0.39, 0.29) is 6.54 Å². The van der Waals surface area contributed by atoms with Crippen LogP contribution < -0.4 is 19.3 Å². The number of fused-ring (bicyclic) bond motifs is 1. The average molecular weight is 362 g/mol. The summed E-state index contributed by atoms with van der Waals surface area (Å²) in [6.45, 7) is 0.136. The molecule has 8 nitrogen and oxygen atoms in total. The van der Waals surface area contributed by atoms with E-state index < -0.39 is 10.2 Å². The molecule has 2 aromatic heterocycles. The van der Waals surface area contributed by atoms with Gasteiger partial charge >= 0.3 is 0 Å². The highest BCUT2D eigenvalue weighted by Crippen LogP contribution is 2.30. The third kappa shape index (κ3) is 3.73. The van der Waals surface area contributed by atoms with Crippen molar-refractivity contribution in [2.24, 2.45) is 5.14 Å². The maximum absolute atomic E-state index is 11.0. The van der Waals surface area contributed by atoms with Gasteiger partial charge in [-0.2, -0.15) is 13.1 Å². The minimum absolute atomic E-state index is 0.136. The number of benzene rings is 1. The number of imidazole rings is 1. The Morgan fingerprint density at radius 2 is 1.84 bits per heavy atom. The van der Waals surface area contributed by atoms with E-state index in [0.717, 1.165) is 22.5 Å². The van der Waals surface area contributed by atoms with Gasteiger partial charge in [-0.3, -0.25) is 4.40 Å². The molecule has 0 spiro atoms. The van der Waals surface area contributed by atoms with Crippen LogP contribution in [0.4, 0.5) is 0 Å². The zero-order valence-corrected chi connectivity index (χ0v) is 14.6. The summed E-state index contributed by atoms with van der Waals surface area (Å²) in [5, 5.41) is 4.93. The molecule has 0 saturated heterocycles. The molecule has 0 saturated carbocycles. The van der Waals surface area contributed by atoms with Gasteiger partial charge in [-0.15, -0.1) is 0 Å². The van der Waals surface area contributed by atoms with E-state index in [9.17, 15) is 8.42 Å². The number of methoxy groups -OCH3 is 2. The molecule has 0 fully saturated rings. The Labute approximate surface area is 145 Å². The van der Waals surface area contributed by atoms with Crippen molar-refractivity contribution in [3.8, 4) is 22.8 Å². The fourth-order valence-electron chi connectivity index (χ4n) is 2.49.